The number of rotatable bonds is 10. The molecule has 0 saturated carbocycles. The molecule has 0 spiro atoms. The highest BCUT2D eigenvalue weighted by Gasteiger charge is 2.23. The van der Waals surface area contributed by atoms with Gasteiger partial charge in [-0.25, -0.2) is 36.3 Å². The number of aryl methyl sites for hydroxylation is 1. The van der Waals surface area contributed by atoms with Crippen molar-refractivity contribution < 1.29 is 26.3 Å². The molecule has 0 aliphatic carbocycles. The van der Waals surface area contributed by atoms with Crippen molar-refractivity contribution in [3.05, 3.63) is 59.7 Å². The SMILES string of the molecule is COCCc1nc2c(N)nc3ccccc3c2n1CCCCNS(=O)(=O)c1ccc(F)c(F)c1F. The first kappa shape index (κ1) is 24.9. The quantitative estimate of drug-likeness (QED) is 0.251. The number of nitrogens with one attached hydrogen (secondary N) is 1. The number of aromatic nitrogens is 3. The van der Waals surface area contributed by atoms with E-state index in [0.717, 1.165) is 22.2 Å². The van der Waals surface area contributed by atoms with Gasteiger partial charge in [0, 0.05) is 32.0 Å². The number of ether oxygens (including phenoxy) is 1. The second kappa shape index (κ2) is 10.2. The first-order valence-corrected chi connectivity index (χ1v) is 12.4. The molecule has 0 radical (unpaired) electrons. The molecule has 12 heteroatoms. The van der Waals surface area contributed by atoms with Crippen LogP contribution in [-0.4, -0.2) is 43.2 Å². The number of nitrogens with zero attached hydrogens (tertiary/aromatic N) is 3. The third-order valence-corrected chi connectivity index (χ3v) is 7.09. The number of halogens is 3. The van der Waals surface area contributed by atoms with Crippen LogP contribution >= 0.6 is 0 Å². The lowest BCUT2D eigenvalue weighted by Crippen LogP contribution is -2.26. The Morgan fingerprint density at radius 1 is 1.06 bits per heavy atom. The molecule has 4 aromatic rings. The number of fused-ring (bicyclic) bond motifs is 3. The van der Waals surface area contributed by atoms with Crippen LogP contribution in [0.2, 0.25) is 0 Å². The van der Waals surface area contributed by atoms with E-state index >= 15 is 0 Å². The van der Waals surface area contributed by atoms with E-state index in [1.54, 1.807) is 7.11 Å². The molecule has 0 aliphatic rings. The molecule has 0 saturated heterocycles. The first-order chi connectivity index (χ1) is 16.7. The Morgan fingerprint density at radius 3 is 2.60 bits per heavy atom. The fraction of sp³-hybridized carbons (Fsp3) is 0.304. The molecule has 35 heavy (non-hydrogen) atoms. The topological polar surface area (TPSA) is 112 Å². The van der Waals surface area contributed by atoms with Crippen molar-refractivity contribution in [1.82, 2.24) is 19.3 Å². The van der Waals surface area contributed by atoms with Crippen molar-refractivity contribution in [3.8, 4) is 0 Å². The van der Waals surface area contributed by atoms with Crippen molar-refractivity contribution in [1.29, 1.82) is 0 Å². The standard InChI is InChI=1S/C23H24F3N5O3S/c1-34-13-10-18-30-21-22(14-6-2-3-7-16(14)29-23(21)27)31(18)12-5-4-11-28-35(32,33)17-9-8-15(24)19(25)20(17)26/h2-3,6-9,28H,4-5,10-13H2,1H3,(H2,27,29). The van der Waals surface area contributed by atoms with Crippen LogP contribution < -0.4 is 10.5 Å². The fourth-order valence-corrected chi connectivity index (χ4v) is 5.07. The number of para-hydroxylation sites is 1. The molecule has 4 rings (SSSR count). The highest BCUT2D eigenvalue weighted by molar-refractivity contribution is 7.89. The summed E-state index contributed by atoms with van der Waals surface area (Å²) in [6.45, 7) is 0.934. The van der Waals surface area contributed by atoms with Gasteiger partial charge in [-0.2, -0.15) is 0 Å². The number of nitrogens with two attached hydrogens (primary N) is 1. The van der Waals surface area contributed by atoms with Crippen molar-refractivity contribution in [2.24, 2.45) is 0 Å². The third kappa shape index (κ3) is 4.95. The van der Waals surface area contributed by atoms with E-state index in [9.17, 15) is 21.6 Å². The number of benzene rings is 2. The molecule has 0 amide bonds. The molecule has 186 valence electrons. The molecular weight excluding hydrogens is 483 g/mol. The summed E-state index contributed by atoms with van der Waals surface area (Å²) in [4.78, 5) is 8.18. The number of methoxy groups -OCH3 is 1. The molecule has 3 N–H and O–H groups in total. The summed E-state index contributed by atoms with van der Waals surface area (Å²) in [5.41, 5.74) is 8.33. The van der Waals surface area contributed by atoms with Gasteiger partial charge in [0.1, 0.15) is 16.2 Å². The Labute approximate surface area is 200 Å². The van der Waals surface area contributed by atoms with E-state index in [4.69, 9.17) is 10.5 Å². The fourth-order valence-electron chi connectivity index (χ4n) is 3.92. The number of unbranched alkanes of at least 4 members (excludes halogenated alkanes) is 1. The average Bonchev–Trinajstić information content (AvgIpc) is 3.20. The Morgan fingerprint density at radius 2 is 1.83 bits per heavy atom. The van der Waals surface area contributed by atoms with Gasteiger partial charge >= 0.3 is 0 Å². The van der Waals surface area contributed by atoms with Crippen molar-refractivity contribution in [2.45, 2.75) is 30.7 Å². The van der Waals surface area contributed by atoms with E-state index in [-0.39, 0.29) is 6.54 Å². The van der Waals surface area contributed by atoms with Crippen molar-refractivity contribution in [2.75, 3.05) is 26.0 Å². The summed E-state index contributed by atoms with van der Waals surface area (Å²) in [6, 6.07) is 8.84. The number of hydrogen-bond donors (Lipinski definition) is 2. The number of hydrogen-bond acceptors (Lipinski definition) is 6. The molecule has 0 atom stereocenters. The number of pyridine rings is 1. The normalized spacial score (nSPS) is 12.1. The maximum absolute atomic E-state index is 13.9. The van der Waals surface area contributed by atoms with Crippen LogP contribution in [0.15, 0.2) is 41.3 Å². The lowest BCUT2D eigenvalue weighted by Gasteiger charge is -2.12. The van der Waals surface area contributed by atoms with E-state index in [2.05, 4.69) is 14.7 Å². The Kier molecular flexibility index (Phi) is 7.24. The molecule has 2 aromatic carbocycles. The van der Waals surface area contributed by atoms with E-state index in [1.165, 1.54) is 0 Å². The van der Waals surface area contributed by atoms with Crippen LogP contribution in [-0.2, 0) is 27.7 Å². The highest BCUT2D eigenvalue weighted by Crippen LogP contribution is 2.29. The second-order valence-corrected chi connectivity index (χ2v) is 9.65. The van der Waals surface area contributed by atoms with Gasteiger partial charge in [-0.1, -0.05) is 18.2 Å². The average molecular weight is 508 g/mol. The van der Waals surface area contributed by atoms with Gasteiger partial charge in [-0.05, 0) is 31.0 Å². The van der Waals surface area contributed by atoms with Gasteiger partial charge in [0.05, 0.1) is 17.6 Å². The third-order valence-electron chi connectivity index (χ3n) is 5.61. The lowest BCUT2D eigenvalue weighted by atomic mass is 10.2. The summed E-state index contributed by atoms with van der Waals surface area (Å²) in [7, 11) is -2.75. The molecule has 0 aliphatic heterocycles. The molecule has 8 nitrogen and oxygen atoms in total. The van der Waals surface area contributed by atoms with Gasteiger partial charge in [-0.15, -0.1) is 0 Å². The van der Waals surface area contributed by atoms with E-state index in [1.807, 2.05) is 28.8 Å². The monoisotopic (exact) mass is 507 g/mol. The molecule has 2 heterocycles. The number of nitrogen functional groups attached to an aromatic ring is 1. The Balaban J connectivity index is 1.52. The van der Waals surface area contributed by atoms with Crippen molar-refractivity contribution >= 4 is 37.8 Å². The minimum absolute atomic E-state index is 0.0226. The Hall–Kier alpha value is -3.22. The van der Waals surface area contributed by atoms with E-state index in [0.29, 0.717) is 55.9 Å². The van der Waals surface area contributed by atoms with Gasteiger partial charge in [0.2, 0.25) is 10.0 Å². The maximum atomic E-state index is 13.9. The van der Waals surface area contributed by atoms with Gasteiger partial charge < -0.3 is 15.0 Å². The molecule has 2 aromatic heterocycles. The summed E-state index contributed by atoms with van der Waals surface area (Å²) in [6.07, 6.45) is 1.48. The van der Waals surface area contributed by atoms with Gasteiger partial charge in [0.15, 0.2) is 23.3 Å². The smallest absolute Gasteiger partial charge is 0.243 e. The van der Waals surface area contributed by atoms with Crippen LogP contribution in [0.4, 0.5) is 19.0 Å². The van der Waals surface area contributed by atoms with E-state index < -0.39 is 32.4 Å². The van der Waals surface area contributed by atoms with Crippen molar-refractivity contribution in [3.63, 3.8) is 0 Å². The van der Waals surface area contributed by atoms with Crippen LogP contribution in [0.5, 0.6) is 0 Å². The minimum atomic E-state index is -4.35. The zero-order chi connectivity index (χ0) is 25.2. The molecule has 0 bridgehead atoms. The van der Waals surface area contributed by atoms with Crippen LogP contribution in [0.3, 0.4) is 0 Å². The zero-order valence-corrected chi connectivity index (χ0v) is 19.7. The maximum Gasteiger partial charge on any atom is 0.243 e. The zero-order valence-electron chi connectivity index (χ0n) is 18.9. The number of sulfonamides is 1. The van der Waals surface area contributed by atoms with Gasteiger partial charge in [-0.3, -0.25) is 0 Å². The summed E-state index contributed by atoms with van der Waals surface area (Å²) in [5.74, 6) is -3.96. The number of imidazole rings is 1. The minimum Gasteiger partial charge on any atom is -0.384 e. The van der Waals surface area contributed by atoms with Gasteiger partial charge in [0.25, 0.3) is 0 Å². The Bertz CT molecular complexity index is 1490. The highest BCUT2D eigenvalue weighted by atomic mass is 32.2. The van der Waals surface area contributed by atoms with Crippen LogP contribution in [0.1, 0.15) is 18.7 Å². The first-order valence-electron chi connectivity index (χ1n) is 10.9. The van der Waals surface area contributed by atoms with Crippen LogP contribution in [0.25, 0.3) is 21.9 Å². The molecule has 0 fully saturated rings. The predicted octanol–water partition coefficient (Wildman–Crippen LogP) is 3.53. The predicted molar refractivity (Wildman–Crippen MR) is 126 cm³/mol. The summed E-state index contributed by atoms with van der Waals surface area (Å²) in [5, 5.41) is 0.891. The number of anilines is 1. The molecular formula is C23H24F3N5O3S. The summed E-state index contributed by atoms with van der Waals surface area (Å²) < 4.78 is 74.6. The second-order valence-electron chi connectivity index (χ2n) is 7.91. The lowest BCUT2D eigenvalue weighted by molar-refractivity contribution is 0.199. The largest absolute Gasteiger partial charge is 0.384 e. The van der Waals surface area contributed by atoms with Crippen LogP contribution in [0, 0.1) is 17.5 Å². The molecule has 0 unspecified atom stereocenters. The summed E-state index contributed by atoms with van der Waals surface area (Å²) >= 11 is 0.